The van der Waals surface area contributed by atoms with E-state index in [0.717, 1.165) is 20.3 Å². The predicted molar refractivity (Wildman–Crippen MR) is 119 cm³/mol. The van der Waals surface area contributed by atoms with E-state index in [0.29, 0.717) is 22.9 Å². The molecule has 140 valence electrons. The minimum atomic E-state index is -0.148. The van der Waals surface area contributed by atoms with E-state index in [2.05, 4.69) is 4.98 Å². The Hall–Kier alpha value is -2.47. The molecule has 1 amide bonds. The number of carbonyl (C=O) groups is 1. The summed E-state index contributed by atoms with van der Waals surface area (Å²) in [6, 6.07) is 21.3. The molecular weight excluding hydrogens is 408 g/mol. The molecule has 0 N–H and O–H groups in total. The van der Waals surface area contributed by atoms with Crippen LogP contribution in [0.1, 0.15) is 20.4 Å². The van der Waals surface area contributed by atoms with Crippen molar-refractivity contribution < 1.29 is 4.79 Å². The fraction of sp³-hybridized carbons (Fsp3) is 0.0909. The van der Waals surface area contributed by atoms with E-state index < -0.39 is 0 Å². The number of carbonyl (C=O) groups excluding carboxylic acids is 1. The number of nitrogens with zero attached hydrogens (tertiary/aromatic N) is 2. The summed E-state index contributed by atoms with van der Waals surface area (Å²) >= 11 is 9.59. The number of halogens is 1. The van der Waals surface area contributed by atoms with Crippen LogP contribution in [0.3, 0.4) is 0 Å². The lowest BCUT2D eigenvalue weighted by Crippen LogP contribution is -2.31. The van der Waals surface area contributed by atoms with E-state index in [4.69, 9.17) is 11.6 Å². The Balaban J connectivity index is 1.79. The van der Waals surface area contributed by atoms with Gasteiger partial charge in [-0.25, -0.2) is 4.98 Å². The second kappa shape index (κ2) is 8.27. The van der Waals surface area contributed by atoms with Gasteiger partial charge in [-0.3, -0.25) is 4.79 Å². The third kappa shape index (κ3) is 3.87. The lowest BCUT2D eigenvalue weighted by molar-refractivity contribution is 0.0981. The number of hydrogen-bond donors (Lipinski definition) is 0. The smallest absolute Gasteiger partial charge is 0.278 e. The Morgan fingerprint density at radius 1 is 1.04 bits per heavy atom. The Morgan fingerprint density at radius 3 is 2.50 bits per heavy atom. The highest BCUT2D eigenvalue weighted by Gasteiger charge is 2.26. The van der Waals surface area contributed by atoms with Crippen LogP contribution in [0.5, 0.6) is 0 Å². The number of rotatable bonds is 5. The monoisotopic (exact) mass is 424 g/mol. The zero-order valence-corrected chi connectivity index (χ0v) is 17.5. The Labute approximate surface area is 176 Å². The third-order valence-electron chi connectivity index (χ3n) is 4.26. The second-order valence-electron chi connectivity index (χ2n) is 6.20. The molecule has 0 unspecified atom stereocenters. The van der Waals surface area contributed by atoms with Gasteiger partial charge < -0.3 is 4.90 Å². The SMILES string of the molecule is Cc1nc(C(=O)N(Cc2cccs2)c2ccccc2Cl)c(-c2ccccc2)s1. The average molecular weight is 425 g/mol. The molecule has 6 heteroatoms. The van der Waals surface area contributed by atoms with Crippen molar-refractivity contribution >= 4 is 45.9 Å². The molecule has 4 rings (SSSR count). The van der Waals surface area contributed by atoms with Crippen LogP contribution < -0.4 is 4.90 Å². The molecule has 3 nitrogen and oxygen atoms in total. The summed E-state index contributed by atoms with van der Waals surface area (Å²) in [5.74, 6) is -0.148. The summed E-state index contributed by atoms with van der Waals surface area (Å²) < 4.78 is 0. The quantitative estimate of drug-likeness (QED) is 0.358. The van der Waals surface area contributed by atoms with Gasteiger partial charge in [-0.15, -0.1) is 22.7 Å². The summed E-state index contributed by atoms with van der Waals surface area (Å²) in [6.45, 7) is 2.37. The zero-order valence-electron chi connectivity index (χ0n) is 15.1. The number of benzene rings is 2. The Bertz CT molecular complexity index is 1090. The minimum absolute atomic E-state index is 0.148. The van der Waals surface area contributed by atoms with E-state index in [-0.39, 0.29) is 5.91 Å². The first-order valence-corrected chi connectivity index (χ1v) is 10.8. The van der Waals surface area contributed by atoms with E-state index in [9.17, 15) is 4.79 Å². The van der Waals surface area contributed by atoms with Gasteiger partial charge in [-0.2, -0.15) is 0 Å². The summed E-state index contributed by atoms with van der Waals surface area (Å²) in [5, 5.41) is 3.41. The number of anilines is 1. The summed E-state index contributed by atoms with van der Waals surface area (Å²) in [5.41, 5.74) is 2.14. The van der Waals surface area contributed by atoms with Crippen LogP contribution in [0.2, 0.25) is 5.02 Å². The fourth-order valence-corrected chi connectivity index (χ4v) is 4.83. The topological polar surface area (TPSA) is 33.2 Å². The van der Waals surface area contributed by atoms with Crippen LogP contribution in [0, 0.1) is 6.92 Å². The number of hydrogen-bond acceptors (Lipinski definition) is 4. The molecule has 2 aromatic carbocycles. The average Bonchev–Trinajstić information content (AvgIpc) is 3.36. The first-order chi connectivity index (χ1) is 13.6. The van der Waals surface area contributed by atoms with E-state index in [1.165, 1.54) is 11.3 Å². The molecule has 0 saturated heterocycles. The number of aromatic nitrogens is 1. The van der Waals surface area contributed by atoms with Crippen molar-refractivity contribution in [3.63, 3.8) is 0 Å². The van der Waals surface area contributed by atoms with Crippen molar-refractivity contribution in [1.29, 1.82) is 0 Å². The van der Waals surface area contributed by atoms with Crippen LogP contribution in [-0.4, -0.2) is 10.9 Å². The van der Waals surface area contributed by atoms with Crippen molar-refractivity contribution in [2.24, 2.45) is 0 Å². The molecular formula is C22H17ClN2OS2. The molecule has 0 bridgehead atoms. The maximum absolute atomic E-state index is 13.6. The Morgan fingerprint density at radius 2 is 1.79 bits per heavy atom. The first kappa shape index (κ1) is 18.9. The zero-order chi connectivity index (χ0) is 19.5. The largest absolute Gasteiger partial charge is 0.300 e. The normalized spacial score (nSPS) is 10.8. The van der Waals surface area contributed by atoms with Crippen LogP contribution in [-0.2, 0) is 6.54 Å². The van der Waals surface area contributed by atoms with Gasteiger partial charge in [0.1, 0.15) is 5.69 Å². The molecule has 0 aliphatic carbocycles. The second-order valence-corrected chi connectivity index (χ2v) is 8.84. The highest BCUT2D eigenvalue weighted by atomic mass is 35.5. The van der Waals surface area contributed by atoms with Gasteiger partial charge in [0.15, 0.2) is 0 Å². The van der Waals surface area contributed by atoms with Crippen LogP contribution >= 0.6 is 34.3 Å². The van der Waals surface area contributed by atoms with Crippen molar-refractivity contribution in [1.82, 2.24) is 4.98 Å². The first-order valence-electron chi connectivity index (χ1n) is 8.75. The van der Waals surface area contributed by atoms with Crippen molar-refractivity contribution in [2.75, 3.05) is 4.90 Å². The Kier molecular flexibility index (Phi) is 5.57. The van der Waals surface area contributed by atoms with Crippen molar-refractivity contribution in [3.05, 3.63) is 92.7 Å². The maximum Gasteiger partial charge on any atom is 0.278 e. The van der Waals surface area contributed by atoms with E-state index in [1.54, 1.807) is 22.3 Å². The van der Waals surface area contributed by atoms with Gasteiger partial charge in [0.05, 0.1) is 27.1 Å². The number of para-hydroxylation sites is 1. The molecule has 2 aromatic heterocycles. The maximum atomic E-state index is 13.6. The number of thiophene rings is 1. The lowest BCUT2D eigenvalue weighted by Gasteiger charge is -2.23. The van der Waals surface area contributed by atoms with Crippen LogP contribution in [0.4, 0.5) is 5.69 Å². The molecule has 0 aliphatic rings. The summed E-state index contributed by atoms with van der Waals surface area (Å²) in [7, 11) is 0. The summed E-state index contributed by atoms with van der Waals surface area (Å²) in [4.78, 5) is 21.9. The van der Waals surface area contributed by atoms with E-state index >= 15 is 0 Å². The van der Waals surface area contributed by atoms with Crippen molar-refractivity contribution in [2.45, 2.75) is 13.5 Å². The molecule has 0 saturated carbocycles. The molecule has 4 aromatic rings. The van der Waals surface area contributed by atoms with Crippen LogP contribution in [0.25, 0.3) is 10.4 Å². The summed E-state index contributed by atoms with van der Waals surface area (Å²) in [6.07, 6.45) is 0. The van der Waals surface area contributed by atoms with Gasteiger partial charge in [0.2, 0.25) is 0 Å². The highest BCUT2D eigenvalue weighted by Crippen LogP contribution is 2.34. The number of amides is 1. The lowest BCUT2D eigenvalue weighted by atomic mass is 10.1. The van der Waals surface area contributed by atoms with Crippen molar-refractivity contribution in [3.8, 4) is 10.4 Å². The minimum Gasteiger partial charge on any atom is -0.300 e. The van der Waals surface area contributed by atoms with Crippen LogP contribution in [0.15, 0.2) is 72.1 Å². The molecule has 28 heavy (non-hydrogen) atoms. The van der Waals surface area contributed by atoms with Gasteiger partial charge in [-0.1, -0.05) is 60.1 Å². The molecule has 2 heterocycles. The van der Waals surface area contributed by atoms with Gasteiger partial charge in [-0.05, 0) is 36.1 Å². The molecule has 0 atom stereocenters. The standard InChI is InChI=1S/C22H17ClN2OS2/c1-15-24-20(21(28-15)16-8-3-2-4-9-16)22(26)25(14-17-10-7-13-27-17)19-12-6-5-11-18(19)23/h2-13H,14H2,1H3. The third-order valence-corrected chi connectivity index (χ3v) is 6.46. The predicted octanol–water partition coefficient (Wildman–Crippen LogP) is 6.68. The molecule has 0 spiro atoms. The fourth-order valence-electron chi connectivity index (χ4n) is 2.98. The molecule has 0 aliphatic heterocycles. The van der Waals surface area contributed by atoms with Gasteiger partial charge in [0, 0.05) is 4.88 Å². The highest BCUT2D eigenvalue weighted by molar-refractivity contribution is 7.15. The van der Waals surface area contributed by atoms with Gasteiger partial charge in [0.25, 0.3) is 5.91 Å². The molecule has 0 fully saturated rings. The number of thiazole rings is 1. The number of aryl methyl sites for hydroxylation is 1. The molecule has 0 radical (unpaired) electrons. The van der Waals surface area contributed by atoms with E-state index in [1.807, 2.05) is 73.0 Å². The van der Waals surface area contributed by atoms with Gasteiger partial charge >= 0.3 is 0 Å².